The molecular formula is C26H43ClN4O4. The lowest BCUT2D eigenvalue weighted by Gasteiger charge is -2.38. The number of amides is 3. The van der Waals surface area contributed by atoms with Crippen LogP contribution in [-0.2, 0) is 9.47 Å². The Morgan fingerprint density at radius 3 is 2.74 bits per heavy atom. The molecule has 0 bridgehead atoms. The molecule has 1 aromatic rings. The van der Waals surface area contributed by atoms with E-state index in [1.54, 1.807) is 0 Å². The minimum atomic E-state index is -0.490. The van der Waals surface area contributed by atoms with Gasteiger partial charge in [-0.15, -0.1) is 0 Å². The molecule has 1 heterocycles. The summed E-state index contributed by atoms with van der Waals surface area (Å²) in [5.74, 6) is 0.112. The van der Waals surface area contributed by atoms with Crippen molar-refractivity contribution >= 4 is 23.7 Å². The summed E-state index contributed by atoms with van der Waals surface area (Å²) in [5, 5.41) is 9.76. The van der Waals surface area contributed by atoms with Gasteiger partial charge in [0, 0.05) is 43.2 Å². The van der Waals surface area contributed by atoms with Crippen molar-refractivity contribution in [2.24, 2.45) is 11.3 Å². The summed E-state index contributed by atoms with van der Waals surface area (Å²) in [6.07, 6.45) is 3.07. The summed E-state index contributed by atoms with van der Waals surface area (Å²) < 4.78 is 10.9. The van der Waals surface area contributed by atoms with E-state index >= 15 is 0 Å². The molecule has 1 fully saturated rings. The number of rotatable bonds is 12. The summed E-state index contributed by atoms with van der Waals surface area (Å²) in [5.41, 5.74) is 1.13. The number of benzene rings is 1. The fourth-order valence-electron chi connectivity index (χ4n) is 4.54. The molecule has 1 aliphatic rings. The van der Waals surface area contributed by atoms with E-state index in [4.69, 9.17) is 16.3 Å². The van der Waals surface area contributed by atoms with Gasteiger partial charge >= 0.3 is 12.1 Å². The number of likely N-dealkylation sites (N-methyl/N-ethyl adjacent to an activating group) is 1. The number of methoxy groups -OCH3 is 1. The summed E-state index contributed by atoms with van der Waals surface area (Å²) in [7, 11) is 3.24. The van der Waals surface area contributed by atoms with Crippen LogP contribution < -0.4 is 16.0 Å². The Balaban J connectivity index is 2.08. The zero-order chi connectivity index (χ0) is 25.8. The zero-order valence-electron chi connectivity index (χ0n) is 21.9. The Bertz CT molecular complexity index is 807. The number of carbonyl (C=O) groups is 2. The van der Waals surface area contributed by atoms with Gasteiger partial charge in [-0.05, 0) is 49.4 Å². The molecular weight excluding hydrogens is 468 g/mol. The number of urea groups is 1. The number of hydrogen-bond acceptors (Lipinski definition) is 5. The number of carbonyl (C=O) groups excluding carboxylic acids is 2. The van der Waals surface area contributed by atoms with Gasteiger partial charge in [0.25, 0.3) is 0 Å². The Kier molecular flexibility index (Phi) is 12.1. The lowest BCUT2D eigenvalue weighted by molar-refractivity contribution is -0.00867. The normalized spacial score (nSPS) is 18.0. The molecule has 9 heteroatoms. The summed E-state index contributed by atoms with van der Waals surface area (Å²) in [6.45, 7) is 9.36. The monoisotopic (exact) mass is 510 g/mol. The van der Waals surface area contributed by atoms with Crippen molar-refractivity contribution in [3.63, 3.8) is 0 Å². The van der Waals surface area contributed by atoms with Gasteiger partial charge < -0.3 is 30.3 Å². The Labute approximate surface area is 215 Å². The largest absolute Gasteiger partial charge is 0.453 e. The maximum Gasteiger partial charge on any atom is 0.406 e. The van der Waals surface area contributed by atoms with Crippen molar-refractivity contribution in [2.75, 3.05) is 46.9 Å². The molecule has 0 spiro atoms. The number of likely N-dealkylation sites (tertiary alicyclic amines) is 1. The van der Waals surface area contributed by atoms with Crippen LogP contribution in [0.4, 0.5) is 9.59 Å². The van der Waals surface area contributed by atoms with E-state index in [0.717, 1.165) is 44.3 Å². The average molecular weight is 511 g/mol. The number of nitrogens with zero attached hydrogens (tertiary/aromatic N) is 1. The Morgan fingerprint density at radius 1 is 1.31 bits per heavy atom. The molecule has 0 aliphatic carbocycles. The van der Waals surface area contributed by atoms with Crippen molar-refractivity contribution in [3.05, 3.63) is 34.9 Å². The standard InChI is InChI=1S/C26H43ClN4O4/c1-6-26(2,3)16-22(17-28-4)30-24(32)31-13-8-10-20(18-31)23(19-9-7-11-21(27)15-19)35-14-12-29-25(33)34-5/h7,9,11,15,20,22-23,28H,6,8,10,12-14,16-18H2,1-5H3,(H,29,33)(H,30,32). The van der Waals surface area contributed by atoms with Gasteiger partial charge in [0.15, 0.2) is 0 Å². The van der Waals surface area contributed by atoms with Crippen molar-refractivity contribution < 1.29 is 19.1 Å². The average Bonchev–Trinajstić information content (AvgIpc) is 2.83. The molecule has 8 nitrogen and oxygen atoms in total. The summed E-state index contributed by atoms with van der Waals surface area (Å²) in [4.78, 5) is 26.5. The van der Waals surface area contributed by atoms with Crippen molar-refractivity contribution in [2.45, 2.75) is 58.6 Å². The molecule has 198 valence electrons. The first kappa shape index (κ1) is 29.2. The molecule has 0 saturated carbocycles. The van der Waals surface area contributed by atoms with Gasteiger partial charge in [0.05, 0.1) is 19.8 Å². The minimum absolute atomic E-state index is 0.0287. The highest BCUT2D eigenvalue weighted by molar-refractivity contribution is 6.30. The number of hydrogen-bond donors (Lipinski definition) is 3. The van der Waals surface area contributed by atoms with Crippen LogP contribution in [0.1, 0.15) is 58.1 Å². The number of halogens is 1. The fraction of sp³-hybridized carbons (Fsp3) is 0.692. The van der Waals surface area contributed by atoms with Gasteiger partial charge in [-0.2, -0.15) is 0 Å². The second-order valence-corrected chi connectivity index (χ2v) is 10.5. The fourth-order valence-corrected chi connectivity index (χ4v) is 4.74. The van der Waals surface area contributed by atoms with E-state index in [1.807, 2.05) is 36.2 Å². The van der Waals surface area contributed by atoms with Crippen molar-refractivity contribution in [1.29, 1.82) is 0 Å². The topological polar surface area (TPSA) is 91.9 Å². The highest BCUT2D eigenvalue weighted by Crippen LogP contribution is 2.34. The lowest BCUT2D eigenvalue weighted by atomic mass is 9.83. The van der Waals surface area contributed by atoms with Gasteiger partial charge in [0.1, 0.15) is 0 Å². The number of ether oxygens (including phenoxy) is 2. The lowest BCUT2D eigenvalue weighted by Crippen LogP contribution is -2.52. The summed E-state index contributed by atoms with van der Waals surface area (Å²) >= 11 is 6.27. The van der Waals surface area contributed by atoms with Crippen LogP contribution in [0.5, 0.6) is 0 Å². The van der Waals surface area contributed by atoms with E-state index in [-0.39, 0.29) is 29.5 Å². The number of piperidine rings is 1. The minimum Gasteiger partial charge on any atom is -0.453 e. The first-order chi connectivity index (χ1) is 16.7. The third-order valence-electron chi connectivity index (χ3n) is 6.74. The molecule has 1 aromatic carbocycles. The number of nitrogens with one attached hydrogen (secondary N) is 3. The van der Waals surface area contributed by atoms with Crippen LogP contribution in [0.25, 0.3) is 0 Å². The maximum atomic E-state index is 13.2. The second kappa shape index (κ2) is 14.5. The quantitative estimate of drug-likeness (QED) is 0.358. The maximum absolute atomic E-state index is 13.2. The third kappa shape index (κ3) is 9.86. The zero-order valence-corrected chi connectivity index (χ0v) is 22.6. The molecule has 3 amide bonds. The number of alkyl carbamates (subject to hydrolysis) is 1. The Morgan fingerprint density at radius 2 is 2.09 bits per heavy atom. The van der Waals surface area contributed by atoms with Gasteiger partial charge in [0.2, 0.25) is 0 Å². The smallest absolute Gasteiger partial charge is 0.406 e. The van der Waals surface area contributed by atoms with E-state index < -0.39 is 6.09 Å². The first-order valence-corrected chi connectivity index (χ1v) is 13.0. The van der Waals surface area contributed by atoms with Crippen LogP contribution in [0.3, 0.4) is 0 Å². The van der Waals surface area contributed by atoms with Crippen LogP contribution in [-0.4, -0.2) is 70.0 Å². The third-order valence-corrected chi connectivity index (χ3v) is 6.97. The SMILES string of the molecule is CCC(C)(C)CC(CNC)NC(=O)N1CCCC(C(OCCNC(=O)OC)c2cccc(Cl)c2)C1. The van der Waals surface area contributed by atoms with Crippen molar-refractivity contribution in [3.8, 4) is 0 Å². The molecule has 1 aliphatic heterocycles. The molecule has 3 unspecified atom stereocenters. The molecule has 0 radical (unpaired) electrons. The van der Waals surface area contributed by atoms with E-state index in [0.29, 0.717) is 24.7 Å². The van der Waals surface area contributed by atoms with Crippen LogP contribution in [0.15, 0.2) is 24.3 Å². The van der Waals surface area contributed by atoms with Crippen LogP contribution >= 0.6 is 11.6 Å². The van der Waals surface area contributed by atoms with Gasteiger partial charge in [-0.25, -0.2) is 9.59 Å². The van der Waals surface area contributed by atoms with Crippen LogP contribution in [0.2, 0.25) is 5.02 Å². The second-order valence-electron chi connectivity index (χ2n) is 10.0. The molecule has 3 atom stereocenters. The predicted molar refractivity (Wildman–Crippen MR) is 140 cm³/mol. The van der Waals surface area contributed by atoms with Gasteiger partial charge in [-0.1, -0.05) is 50.9 Å². The van der Waals surface area contributed by atoms with Gasteiger partial charge in [-0.3, -0.25) is 0 Å². The van der Waals surface area contributed by atoms with E-state index in [9.17, 15) is 9.59 Å². The molecule has 35 heavy (non-hydrogen) atoms. The predicted octanol–water partition coefficient (Wildman–Crippen LogP) is 4.59. The van der Waals surface area contributed by atoms with Crippen molar-refractivity contribution in [1.82, 2.24) is 20.9 Å². The first-order valence-electron chi connectivity index (χ1n) is 12.6. The highest BCUT2D eigenvalue weighted by Gasteiger charge is 2.32. The molecule has 1 saturated heterocycles. The van der Waals surface area contributed by atoms with E-state index in [2.05, 4.69) is 41.5 Å². The van der Waals surface area contributed by atoms with Crippen LogP contribution in [0, 0.1) is 11.3 Å². The van der Waals surface area contributed by atoms with E-state index in [1.165, 1.54) is 7.11 Å². The molecule has 2 rings (SSSR count). The molecule has 0 aromatic heterocycles. The molecule has 3 N–H and O–H groups in total. The highest BCUT2D eigenvalue weighted by atomic mass is 35.5. The Hall–Kier alpha value is -2.03. The summed E-state index contributed by atoms with van der Waals surface area (Å²) in [6, 6.07) is 7.69.